The summed E-state index contributed by atoms with van der Waals surface area (Å²) in [6.07, 6.45) is 0. The van der Waals surface area contributed by atoms with Crippen LogP contribution >= 0.6 is 0 Å². The minimum atomic E-state index is -0.532. The second-order valence-corrected chi connectivity index (χ2v) is 3.18. The Morgan fingerprint density at radius 2 is 2.00 bits per heavy atom. The number of aryl methyl sites for hydroxylation is 2. The van der Waals surface area contributed by atoms with Crippen molar-refractivity contribution >= 4 is 11.6 Å². The van der Waals surface area contributed by atoms with E-state index in [0.29, 0.717) is 11.1 Å². The molecule has 0 heterocycles. The Kier molecular flexibility index (Phi) is 3.01. The first-order valence-electron chi connectivity index (χ1n) is 4.24. The first-order chi connectivity index (χ1) is 6.97. The molecular weight excluding hydrogens is 198 g/mol. The zero-order valence-corrected chi connectivity index (χ0v) is 8.40. The number of nitrogen functional groups attached to an aromatic ring is 1. The topological polar surface area (TPSA) is 98.3 Å². The highest BCUT2D eigenvalue weighted by molar-refractivity contribution is 5.96. The van der Waals surface area contributed by atoms with Crippen LogP contribution < -0.4 is 11.3 Å². The molecule has 0 aliphatic carbocycles. The van der Waals surface area contributed by atoms with Crippen molar-refractivity contribution in [3.63, 3.8) is 0 Å². The van der Waals surface area contributed by atoms with Crippen LogP contribution in [-0.4, -0.2) is 10.8 Å². The van der Waals surface area contributed by atoms with Crippen molar-refractivity contribution in [2.75, 3.05) is 0 Å². The fourth-order valence-electron chi connectivity index (χ4n) is 1.36. The van der Waals surface area contributed by atoms with Crippen LogP contribution in [0.1, 0.15) is 21.5 Å². The van der Waals surface area contributed by atoms with Crippen LogP contribution in [0, 0.1) is 24.0 Å². The molecule has 1 rings (SSSR count). The van der Waals surface area contributed by atoms with Gasteiger partial charge in [-0.3, -0.25) is 20.3 Å². The third-order valence-corrected chi connectivity index (χ3v) is 2.12. The minimum Gasteiger partial charge on any atom is -0.290 e. The van der Waals surface area contributed by atoms with Crippen LogP contribution in [0.25, 0.3) is 0 Å². The summed E-state index contributed by atoms with van der Waals surface area (Å²) in [5.41, 5.74) is 3.25. The SMILES string of the molecule is Cc1cc(C)c([N+](=O)[O-])cc1C(=O)NN. The van der Waals surface area contributed by atoms with Crippen LogP contribution in [0.15, 0.2) is 12.1 Å². The van der Waals surface area contributed by atoms with E-state index < -0.39 is 10.8 Å². The number of carbonyl (C=O) groups excluding carboxylic acids is 1. The molecule has 0 aliphatic heterocycles. The van der Waals surface area contributed by atoms with Gasteiger partial charge in [-0.05, 0) is 25.5 Å². The molecule has 0 aliphatic rings. The second-order valence-electron chi connectivity index (χ2n) is 3.18. The number of amides is 1. The molecule has 1 aromatic rings. The molecule has 0 radical (unpaired) electrons. The number of benzene rings is 1. The first kappa shape index (κ1) is 11.1. The molecule has 15 heavy (non-hydrogen) atoms. The summed E-state index contributed by atoms with van der Waals surface area (Å²) in [6, 6.07) is 2.82. The van der Waals surface area contributed by atoms with Gasteiger partial charge in [0.15, 0.2) is 0 Å². The van der Waals surface area contributed by atoms with E-state index in [4.69, 9.17) is 5.84 Å². The molecule has 3 N–H and O–H groups in total. The lowest BCUT2D eigenvalue weighted by molar-refractivity contribution is -0.385. The summed E-state index contributed by atoms with van der Waals surface area (Å²) in [4.78, 5) is 21.4. The van der Waals surface area contributed by atoms with Crippen molar-refractivity contribution in [2.24, 2.45) is 5.84 Å². The maximum Gasteiger partial charge on any atom is 0.273 e. The normalized spacial score (nSPS) is 9.80. The van der Waals surface area contributed by atoms with E-state index in [1.807, 2.05) is 5.43 Å². The lowest BCUT2D eigenvalue weighted by Crippen LogP contribution is -2.30. The average Bonchev–Trinajstić information content (AvgIpc) is 2.16. The predicted molar refractivity (Wildman–Crippen MR) is 54.2 cm³/mol. The number of nitrogens with zero attached hydrogens (tertiary/aromatic N) is 1. The smallest absolute Gasteiger partial charge is 0.273 e. The molecule has 0 fully saturated rings. The summed E-state index contributed by atoms with van der Waals surface area (Å²) < 4.78 is 0. The molecule has 1 aromatic carbocycles. The van der Waals surface area contributed by atoms with Gasteiger partial charge >= 0.3 is 0 Å². The van der Waals surface area contributed by atoms with Crippen LogP contribution in [-0.2, 0) is 0 Å². The highest BCUT2D eigenvalue weighted by Gasteiger charge is 2.16. The zero-order chi connectivity index (χ0) is 11.6. The number of nitro groups is 1. The van der Waals surface area contributed by atoms with Gasteiger partial charge in [-0.2, -0.15) is 0 Å². The fourth-order valence-corrected chi connectivity index (χ4v) is 1.36. The minimum absolute atomic E-state index is 0.0841. The van der Waals surface area contributed by atoms with Gasteiger partial charge in [0, 0.05) is 11.6 Å². The maximum absolute atomic E-state index is 11.3. The number of hydrogen-bond donors (Lipinski definition) is 2. The highest BCUT2D eigenvalue weighted by atomic mass is 16.6. The Hall–Kier alpha value is -1.95. The molecular formula is C9H11N3O3. The van der Waals surface area contributed by atoms with Crippen LogP contribution in [0.2, 0.25) is 0 Å². The summed E-state index contributed by atoms with van der Waals surface area (Å²) in [7, 11) is 0. The van der Waals surface area contributed by atoms with Crippen molar-refractivity contribution in [2.45, 2.75) is 13.8 Å². The van der Waals surface area contributed by atoms with Crippen LogP contribution in [0.4, 0.5) is 5.69 Å². The monoisotopic (exact) mass is 209 g/mol. The van der Waals surface area contributed by atoms with E-state index in [9.17, 15) is 14.9 Å². The Morgan fingerprint density at radius 3 is 2.47 bits per heavy atom. The molecule has 0 saturated heterocycles. The van der Waals surface area contributed by atoms with Crippen molar-refractivity contribution in [1.82, 2.24) is 5.43 Å². The molecule has 6 heteroatoms. The summed E-state index contributed by atoms with van der Waals surface area (Å²) >= 11 is 0. The summed E-state index contributed by atoms with van der Waals surface area (Å²) in [5, 5.41) is 10.6. The van der Waals surface area contributed by atoms with Crippen molar-refractivity contribution < 1.29 is 9.72 Å². The van der Waals surface area contributed by atoms with Gasteiger partial charge in [0.25, 0.3) is 11.6 Å². The Bertz CT molecular complexity index is 429. The average molecular weight is 209 g/mol. The Balaban J connectivity index is 3.36. The lowest BCUT2D eigenvalue weighted by Gasteiger charge is -2.05. The molecule has 0 spiro atoms. The van der Waals surface area contributed by atoms with Gasteiger partial charge in [0.2, 0.25) is 0 Å². The van der Waals surface area contributed by atoms with Gasteiger partial charge < -0.3 is 0 Å². The number of nitrogens with two attached hydrogens (primary N) is 1. The number of nitro benzene ring substituents is 1. The van der Waals surface area contributed by atoms with E-state index in [-0.39, 0.29) is 11.3 Å². The summed E-state index contributed by atoms with van der Waals surface area (Å²) in [5.74, 6) is 4.44. The fraction of sp³-hybridized carbons (Fsp3) is 0.222. The highest BCUT2D eigenvalue weighted by Crippen LogP contribution is 2.22. The van der Waals surface area contributed by atoms with Crippen LogP contribution in [0.3, 0.4) is 0 Å². The molecule has 0 bridgehead atoms. The van der Waals surface area contributed by atoms with Gasteiger partial charge in [0.05, 0.1) is 10.5 Å². The molecule has 0 atom stereocenters. The molecule has 0 saturated carbocycles. The second kappa shape index (κ2) is 4.05. The van der Waals surface area contributed by atoms with E-state index in [1.165, 1.54) is 6.07 Å². The predicted octanol–water partition coefficient (Wildman–Crippen LogP) is 0.815. The van der Waals surface area contributed by atoms with E-state index in [0.717, 1.165) is 0 Å². The number of carbonyl (C=O) groups is 1. The van der Waals surface area contributed by atoms with Gasteiger partial charge in [-0.15, -0.1) is 0 Å². The number of hydrogen-bond acceptors (Lipinski definition) is 4. The molecule has 6 nitrogen and oxygen atoms in total. The first-order valence-corrected chi connectivity index (χ1v) is 4.24. The van der Waals surface area contributed by atoms with E-state index in [1.54, 1.807) is 19.9 Å². The Labute approximate surface area is 86.2 Å². The summed E-state index contributed by atoms with van der Waals surface area (Å²) in [6.45, 7) is 3.32. The number of rotatable bonds is 2. The van der Waals surface area contributed by atoms with E-state index in [2.05, 4.69) is 0 Å². The lowest BCUT2D eigenvalue weighted by atomic mass is 10.0. The number of hydrazine groups is 1. The van der Waals surface area contributed by atoms with Crippen LogP contribution in [0.5, 0.6) is 0 Å². The van der Waals surface area contributed by atoms with Crippen molar-refractivity contribution in [3.05, 3.63) is 38.9 Å². The standard InChI is InChI=1S/C9H11N3O3/c1-5-3-6(2)8(12(14)15)4-7(5)9(13)11-10/h3-4H,10H2,1-2H3,(H,11,13). The van der Waals surface area contributed by atoms with E-state index >= 15 is 0 Å². The van der Waals surface area contributed by atoms with Gasteiger partial charge in [-0.1, -0.05) is 0 Å². The molecule has 80 valence electrons. The largest absolute Gasteiger partial charge is 0.290 e. The van der Waals surface area contributed by atoms with Gasteiger partial charge in [0.1, 0.15) is 0 Å². The third kappa shape index (κ3) is 2.10. The van der Waals surface area contributed by atoms with Crippen molar-refractivity contribution in [1.29, 1.82) is 0 Å². The molecule has 1 amide bonds. The third-order valence-electron chi connectivity index (χ3n) is 2.12. The Morgan fingerprint density at radius 1 is 1.40 bits per heavy atom. The molecule has 0 unspecified atom stereocenters. The van der Waals surface area contributed by atoms with Gasteiger partial charge in [-0.25, -0.2) is 5.84 Å². The zero-order valence-electron chi connectivity index (χ0n) is 8.40. The van der Waals surface area contributed by atoms with Crippen molar-refractivity contribution in [3.8, 4) is 0 Å². The molecule has 0 aromatic heterocycles. The number of nitrogens with one attached hydrogen (secondary N) is 1. The maximum atomic E-state index is 11.3. The quantitative estimate of drug-likeness (QED) is 0.326.